The first-order valence-electron chi connectivity index (χ1n) is 7.02. The molecule has 0 aliphatic carbocycles. The van der Waals surface area contributed by atoms with Crippen LogP contribution < -0.4 is 5.32 Å². The number of aromatic nitrogens is 2. The maximum absolute atomic E-state index is 5.92. The summed E-state index contributed by atoms with van der Waals surface area (Å²) in [5, 5.41) is 7.56. The van der Waals surface area contributed by atoms with Gasteiger partial charge in [0.2, 0.25) is 5.89 Å². The molecule has 0 spiro atoms. The monoisotopic (exact) mass is 251 g/mol. The van der Waals surface area contributed by atoms with Crippen LogP contribution in [0.5, 0.6) is 0 Å². The van der Waals surface area contributed by atoms with Crippen LogP contribution in [0.4, 0.5) is 0 Å². The van der Waals surface area contributed by atoms with Gasteiger partial charge in [-0.15, -0.1) is 0 Å². The van der Waals surface area contributed by atoms with Crippen molar-refractivity contribution in [2.24, 2.45) is 0 Å². The van der Waals surface area contributed by atoms with Gasteiger partial charge < -0.3 is 14.6 Å². The summed E-state index contributed by atoms with van der Waals surface area (Å²) < 4.78 is 11.1. The minimum absolute atomic E-state index is 0.358. The molecular formula is C13H21N3O2. The Labute approximate surface area is 107 Å². The van der Waals surface area contributed by atoms with Gasteiger partial charge in [-0.25, -0.2) is 0 Å². The second-order valence-corrected chi connectivity index (χ2v) is 5.40. The SMILES string of the molecule is CCCc1nc(COC2CC3CCC(C2)N3)no1. The molecule has 5 heteroatoms. The zero-order chi connectivity index (χ0) is 12.4. The predicted molar refractivity (Wildman–Crippen MR) is 66.0 cm³/mol. The van der Waals surface area contributed by atoms with Crippen LogP contribution in [0.25, 0.3) is 0 Å². The number of hydrogen-bond donors (Lipinski definition) is 1. The molecule has 2 aliphatic rings. The first kappa shape index (κ1) is 12.1. The summed E-state index contributed by atoms with van der Waals surface area (Å²) in [4.78, 5) is 4.32. The van der Waals surface area contributed by atoms with Crippen molar-refractivity contribution in [3.05, 3.63) is 11.7 Å². The minimum Gasteiger partial charge on any atom is -0.370 e. The van der Waals surface area contributed by atoms with Gasteiger partial charge in [-0.1, -0.05) is 12.1 Å². The number of rotatable bonds is 5. The average molecular weight is 251 g/mol. The predicted octanol–water partition coefficient (Wildman–Crippen LogP) is 1.82. The molecule has 1 aromatic heterocycles. The number of hydrogen-bond acceptors (Lipinski definition) is 5. The van der Waals surface area contributed by atoms with E-state index in [1.165, 1.54) is 12.8 Å². The molecule has 2 atom stereocenters. The van der Waals surface area contributed by atoms with Crippen molar-refractivity contribution >= 4 is 0 Å². The van der Waals surface area contributed by atoms with Gasteiger partial charge in [-0.3, -0.25) is 0 Å². The lowest BCUT2D eigenvalue weighted by Crippen LogP contribution is -2.41. The van der Waals surface area contributed by atoms with E-state index in [1.54, 1.807) is 0 Å². The quantitative estimate of drug-likeness (QED) is 0.865. The summed E-state index contributed by atoms with van der Waals surface area (Å²) in [6.07, 6.45) is 7.08. The number of fused-ring (bicyclic) bond motifs is 2. The number of piperidine rings is 1. The van der Waals surface area contributed by atoms with E-state index in [0.29, 0.717) is 30.6 Å². The smallest absolute Gasteiger partial charge is 0.226 e. The Balaban J connectivity index is 1.48. The third-order valence-corrected chi connectivity index (χ3v) is 3.85. The molecule has 0 aromatic carbocycles. The standard InChI is InChI=1S/C13H21N3O2/c1-2-3-13-15-12(16-18-13)8-17-11-6-9-4-5-10(7-11)14-9/h9-11,14H,2-8H2,1H3. The molecule has 1 aromatic rings. The molecular weight excluding hydrogens is 230 g/mol. The molecule has 3 heterocycles. The minimum atomic E-state index is 0.358. The second kappa shape index (κ2) is 5.36. The zero-order valence-corrected chi connectivity index (χ0v) is 10.9. The zero-order valence-electron chi connectivity index (χ0n) is 10.9. The summed E-state index contributed by atoms with van der Waals surface area (Å²) in [5.41, 5.74) is 0. The van der Waals surface area contributed by atoms with Crippen molar-refractivity contribution < 1.29 is 9.26 Å². The molecule has 2 bridgehead atoms. The van der Waals surface area contributed by atoms with Crippen molar-refractivity contribution in [1.82, 2.24) is 15.5 Å². The molecule has 1 N–H and O–H groups in total. The lowest BCUT2D eigenvalue weighted by Gasteiger charge is -2.28. The van der Waals surface area contributed by atoms with E-state index in [1.807, 2.05) is 0 Å². The highest BCUT2D eigenvalue weighted by Crippen LogP contribution is 2.28. The molecule has 2 aliphatic heterocycles. The lowest BCUT2D eigenvalue weighted by atomic mass is 10.0. The Bertz CT molecular complexity index is 381. The summed E-state index contributed by atoms with van der Waals surface area (Å²) in [7, 11) is 0. The first-order chi connectivity index (χ1) is 8.83. The van der Waals surface area contributed by atoms with Gasteiger partial charge in [-0.05, 0) is 32.1 Å². The molecule has 2 fully saturated rings. The summed E-state index contributed by atoms with van der Waals surface area (Å²) in [6, 6.07) is 1.32. The topological polar surface area (TPSA) is 60.2 Å². The van der Waals surface area contributed by atoms with Gasteiger partial charge >= 0.3 is 0 Å². The molecule has 5 nitrogen and oxygen atoms in total. The van der Waals surface area contributed by atoms with Crippen LogP contribution in [0.3, 0.4) is 0 Å². The average Bonchev–Trinajstić information content (AvgIpc) is 2.95. The van der Waals surface area contributed by atoms with Crippen molar-refractivity contribution in [2.75, 3.05) is 0 Å². The van der Waals surface area contributed by atoms with Crippen LogP contribution in [-0.2, 0) is 17.8 Å². The molecule has 0 amide bonds. The highest BCUT2D eigenvalue weighted by molar-refractivity contribution is 4.93. The fraction of sp³-hybridized carbons (Fsp3) is 0.846. The van der Waals surface area contributed by atoms with Crippen LogP contribution in [0.1, 0.15) is 50.7 Å². The van der Waals surface area contributed by atoms with Crippen molar-refractivity contribution in [2.45, 2.75) is 70.2 Å². The first-order valence-corrected chi connectivity index (χ1v) is 7.02. The normalized spacial score (nSPS) is 30.8. The highest BCUT2D eigenvalue weighted by Gasteiger charge is 2.33. The van der Waals surface area contributed by atoms with E-state index < -0.39 is 0 Å². The van der Waals surface area contributed by atoms with Crippen LogP contribution >= 0.6 is 0 Å². The largest absolute Gasteiger partial charge is 0.370 e. The third kappa shape index (κ3) is 2.72. The Morgan fingerprint density at radius 1 is 1.33 bits per heavy atom. The molecule has 0 saturated carbocycles. The van der Waals surface area contributed by atoms with Gasteiger partial charge in [0, 0.05) is 18.5 Å². The van der Waals surface area contributed by atoms with Gasteiger partial charge in [0.05, 0.1) is 6.10 Å². The van der Waals surface area contributed by atoms with Crippen molar-refractivity contribution in [3.63, 3.8) is 0 Å². The van der Waals surface area contributed by atoms with E-state index in [-0.39, 0.29) is 0 Å². The van der Waals surface area contributed by atoms with Crippen molar-refractivity contribution in [1.29, 1.82) is 0 Å². The van der Waals surface area contributed by atoms with E-state index in [0.717, 1.165) is 31.6 Å². The van der Waals surface area contributed by atoms with E-state index >= 15 is 0 Å². The van der Waals surface area contributed by atoms with Crippen LogP contribution in [0, 0.1) is 0 Å². The summed E-state index contributed by atoms with van der Waals surface area (Å²) in [6.45, 7) is 2.59. The Morgan fingerprint density at radius 3 is 2.83 bits per heavy atom. The fourth-order valence-electron chi connectivity index (χ4n) is 3.00. The number of ether oxygens (including phenoxy) is 1. The molecule has 2 unspecified atom stereocenters. The van der Waals surface area contributed by atoms with Crippen molar-refractivity contribution in [3.8, 4) is 0 Å². The van der Waals surface area contributed by atoms with Crippen LogP contribution in [0.15, 0.2) is 4.52 Å². The van der Waals surface area contributed by atoms with Crippen LogP contribution in [0.2, 0.25) is 0 Å². The van der Waals surface area contributed by atoms with Gasteiger partial charge in [0.15, 0.2) is 5.82 Å². The lowest BCUT2D eigenvalue weighted by molar-refractivity contribution is 0.00533. The maximum atomic E-state index is 5.92. The second-order valence-electron chi connectivity index (χ2n) is 5.40. The Kier molecular flexibility index (Phi) is 3.61. The van der Waals surface area contributed by atoms with E-state index in [4.69, 9.17) is 9.26 Å². The third-order valence-electron chi connectivity index (χ3n) is 3.85. The molecule has 2 saturated heterocycles. The molecule has 18 heavy (non-hydrogen) atoms. The van der Waals surface area contributed by atoms with Gasteiger partial charge in [0.25, 0.3) is 0 Å². The Hall–Kier alpha value is -0.940. The summed E-state index contributed by atoms with van der Waals surface area (Å²) in [5.74, 6) is 1.41. The summed E-state index contributed by atoms with van der Waals surface area (Å²) >= 11 is 0. The molecule has 3 rings (SSSR count). The van der Waals surface area contributed by atoms with E-state index in [2.05, 4.69) is 22.4 Å². The Morgan fingerprint density at radius 2 is 2.11 bits per heavy atom. The highest BCUT2D eigenvalue weighted by atomic mass is 16.5. The fourth-order valence-corrected chi connectivity index (χ4v) is 3.00. The molecule has 0 radical (unpaired) electrons. The number of aryl methyl sites for hydroxylation is 1. The van der Waals surface area contributed by atoms with Gasteiger partial charge in [0.1, 0.15) is 6.61 Å². The van der Waals surface area contributed by atoms with E-state index in [9.17, 15) is 0 Å². The van der Waals surface area contributed by atoms with Gasteiger partial charge in [-0.2, -0.15) is 4.98 Å². The van der Waals surface area contributed by atoms with Crippen LogP contribution in [-0.4, -0.2) is 28.3 Å². The number of nitrogens with zero attached hydrogens (tertiary/aromatic N) is 2. The maximum Gasteiger partial charge on any atom is 0.226 e. The number of nitrogens with one attached hydrogen (secondary N) is 1. The molecule has 100 valence electrons.